The fourth-order valence-corrected chi connectivity index (χ4v) is 2.00. The zero-order chi connectivity index (χ0) is 12.3. The highest BCUT2D eigenvalue weighted by Crippen LogP contribution is 2.19. The van der Waals surface area contributed by atoms with E-state index in [-0.39, 0.29) is 0 Å². The van der Waals surface area contributed by atoms with E-state index in [1.807, 2.05) is 30.3 Å². The third kappa shape index (κ3) is 2.82. The fourth-order valence-electron chi connectivity index (χ4n) is 1.46. The topological polar surface area (TPSA) is 39.2 Å². The van der Waals surface area contributed by atoms with E-state index >= 15 is 0 Å². The Hall–Kier alpha value is -1.43. The quantitative estimate of drug-likeness (QED) is 0.623. The molecule has 0 aliphatic rings. The summed E-state index contributed by atoms with van der Waals surface area (Å²) in [6.07, 6.45) is 0. The predicted octanol–water partition coefficient (Wildman–Crippen LogP) is 3.14. The van der Waals surface area contributed by atoms with Gasteiger partial charge in [-0.2, -0.15) is 0 Å². The zero-order valence-corrected chi connectivity index (χ0v) is 11.3. The third-order valence-corrected chi connectivity index (χ3v) is 2.93. The van der Waals surface area contributed by atoms with Crippen LogP contribution in [0.2, 0.25) is 0 Å². The predicted molar refractivity (Wildman–Crippen MR) is 73.7 cm³/mol. The summed E-state index contributed by atoms with van der Waals surface area (Å²) < 4.78 is 5.78. The van der Waals surface area contributed by atoms with Gasteiger partial charge in [-0.3, -0.25) is 0 Å². The summed E-state index contributed by atoms with van der Waals surface area (Å²) in [7, 11) is 1.35. The molecule has 3 nitrogen and oxygen atoms in total. The Morgan fingerprint density at radius 3 is 2.71 bits per heavy atom. The Labute approximate surface area is 113 Å². The normalized spacial score (nSPS) is 10.0. The summed E-state index contributed by atoms with van der Waals surface area (Å²) in [6, 6.07) is 13.3. The van der Waals surface area contributed by atoms with E-state index in [1.165, 1.54) is 7.11 Å². The smallest absolute Gasteiger partial charge is 0.356 e. The number of ether oxygens (including phenoxy) is 1. The lowest BCUT2D eigenvalue weighted by Gasteiger charge is -2.03. The molecule has 0 bridgehead atoms. The summed E-state index contributed by atoms with van der Waals surface area (Å²) in [6.45, 7) is 0. The highest BCUT2D eigenvalue weighted by atomic mass is 127. The minimum absolute atomic E-state index is 0.323. The molecular formula is C13H10INO2. The number of nitrogens with zero attached hydrogens (tertiary/aromatic N) is 1. The van der Waals surface area contributed by atoms with Gasteiger partial charge in [-0.05, 0) is 46.9 Å². The zero-order valence-electron chi connectivity index (χ0n) is 9.18. The minimum Gasteiger partial charge on any atom is -0.464 e. The maximum Gasteiger partial charge on any atom is 0.356 e. The van der Waals surface area contributed by atoms with Gasteiger partial charge in [0.25, 0.3) is 0 Å². The summed E-state index contributed by atoms with van der Waals surface area (Å²) in [5.41, 5.74) is 2.08. The van der Waals surface area contributed by atoms with Crippen molar-refractivity contribution in [2.75, 3.05) is 7.11 Å². The molecule has 0 unspecified atom stereocenters. The number of halogens is 1. The van der Waals surface area contributed by atoms with E-state index in [2.05, 4.69) is 32.3 Å². The van der Waals surface area contributed by atoms with Crippen molar-refractivity contribution in [1.29, 1.82) is 0 Å². The summed E-state index contributed by atoms with van der Waals surface area (Å²) in [4.78, 5) is 15.7. The Kier molecular flexibility index (Phi) is 3.73. The second-order valence-corrected chi connectivity index (χ2v) is 4.66. The van der Waals surface area contributed by atoms with Crippen LogP contribution in [0.25, 0.3) is 11.3 Å². The van der Waals surface area contributed by atoms with Gasteiger partial charge < -0.3 is 4.74 Å². The number of carbonyl (C=O) groups excluding carboxylic acids is 1. The van der Waals surface area contributed by atoms with Crippen molar-refractivity contribution in [3.8, 4) is 11.3 Å². The van der Waals surface area contributed by atoms with Crippen LogP contribution in [0.15, 0.2) is 42.5 Å². The van der Waals surface area contributed by atoms with E-state index in [9.17, 15) is 4.79 Å². The Bertz CT molecular complexity index is 555. The van der Waals surface area contributed by atoms with E-state index in [0.717, 1.165) is 14.8 Å². The molecule has 2 aromatic rings. The second kappa shape index (κ2) is 5.27. The minimum atomic E-state index is -0.419. The lowest BCUT2D eigenvalue weighted by molar-refractivity contribution is 0.0594. The molecule has 86 valence electrons. The molecule has 0 spiro atoms. The molecule has 1 heterocycles. The lowest BCUT2D eigenvalue weighted by Crippen LogP contribution is -2.04. The standard InChI is InChI=1S/C13H10INO2/c1-17-13(16)12-7-3-6-11(15-12)9-4-2-5-10(14)8-9/h2-8H,1H3. The first-order valence-electron chi connectivity index (χ1n) is 5.02. The second-order valence-electron chi connectivity index (χ2n) is 3.41. The van der Waals surface area contributed by atoms with E-state index in [1.54, 1.807) is 12.1 Å². The van der Waals surface area contributed by atoms with Crippen LogP contribution in [0.4, 0.5) is 0 Å². The van der Waals surface area contributed by atoms with Crippen LogP contribution < -0.4 is 0 Å². The average Bonchev–Trinajstić information content (AvgIpc) is 2.38. The highest BCUT2D eigenvalue weighted by Gasteiger charge is 2.08. The van der Waals surface area contributed by atoms with Crippen molar-refractivity contribution in [2.24, 2.45) is 0 Å². The van der Waals surface area contributed by atoms with E-state index in [0.29, 0.717) is 5.69 Å². The van der Waals surface area contributed by atoms with Gasteiger partial charge in [0.05, 0.1) is 12.8 Å². The van der Waals surface area contributed by atoms with Gasteiger partial charge in [-0.1, -0.05) is 18.2 Å². The first kappa shape index (κ1) is 12.0. The van der Waals surface area contributed by atoms with Crippen molar-refractivity contribution in [2.45, 2.75) is 0 Å². The van der Waals surface area contributed by atoms with Crippen LogP contribution in [0, 0.1) is 3.57 Å². The van der Waals surface area contributed by atoms with Gasteiger partial charge in [0.2, 0.25) is 0 Å². The SMILES string of the molecule is COC(=O)c1cccc(-c2cccc(I)c2)n1. The van der Waals surface area contributed by atoms with Gasteiger partial charge in [0, 0.05) is 9.13 Å². The van der Waals surface area contributed by atoms with Crippen LogP contribution in [0.3, 0.4) is 0 Å². The molecule has 0 saturated carbocycles. The van der Waals surface area contributed by atoms with Crippen LogP contribution in [0.1, 0.15) is 10.5 Å². The highest BCUT2D eigenvalue weighted by molar-refractivity contribution is 14.1. The molecule has 0 fully saturated rings. The molecule has 0 amide bonds. The Morgan fingerprint density at radius 2 is 2.00 bits per heavy atom. The number of esters is 1. The number of pyridine rings is 1. The molecular weight excluding hydrogens is 329 g/mol. The molecule has 0 saturated heterocycles. The number of carbonyl (C=O) groups is 1. The molecule has 0 radical (unpaired) electrons. The van der Waals surface area contributed by atoms with E-state index in [4.69, 9.17) is 0 Å². The lowest BCUT2D eigenvalue weighted by atomic mass is 10.1. The molecule has 0 aliphatic heterocycles. The van der Waals surface area contributed by atoms with Crippen LogP contribution in [-0.4, -0.2) is 18.1 Å². The number of methoxy groups -OCH3 is 1. The molecule has 17 heavy (non-hydrogen) atoms. The first-order chi connectivity index (χ1) is 8.20. The summed E-state index contributed by atoms with van der Waals surface area (Å²) in [5.74, 6) is -0.419. The molecule has 1 aromatic heterocycles. The van der Waals surface area contributed by atoms with Crippen molar-refractivity contribution < 1.29 is 9.53 Å². The van der Waals surface area contributed by atoms with Crippen molar-refractivity contribution in [3.63, 3.8) is 0 Å². The van der Waals surface area contributed by atoms with Crippen LogP contribution in [0.5, 0.6) is 0 Å². The maximum absolute atomic E-state index is 11.4. The van der Waals surface area contributed by atoms with Gasteiger partial charge in [-0.15, -0.1) is 0 Å². The monoisotopic (exact) mass is 339 g/mol. The van der Waals surface area contributed by atoms with Crippen molar-refractivity contribution in [1.82, 2.24) is 4.98 Å². The fraction of sp³-hybridized carbons (Fsp3) is 0.0769. The summed E-state index contributed by atoms with van der Waals surface area (Å²) in [5, 5.41) is 0. The van der Waals surface area contributed by atoms with Gasteiger partial charge in [0.15, 0.2) is 0 Å². The van der Waals surface area contributed by atoms with E-state index < -0.39 is 5.97 Å². The number of aromatic nitrogens is 1. The molecule has 0 aliphatic carbocycles. The number of hydrogen-bond acceptors (Lipinski definition) is 3. The van der Waals surface area contributed by atoms with Gasteiger partial charge in [0.1, 0.15) is 5.69 Å². The third-order valence-electron chi connectivity index (χ3n) is 2.26. The molecule has 0 N–H and O–H groups in total. The Morgan fingerprint density at radius 1 is 1.24 bits per heavy atom. The average molecular weight is 339 g/mol. The molecule has 0 atom stereocenters. The number of rotatable bonds is 2. The maximum atomic E-state index is 11.4. The largest absolute Gasteiger partial charge is 0.464 e. The first-order valence-corrected chi connectivity index (χ1v) is 6.10. The number of benzene rings is 1. The van der Waals surface area contributed by atoms with Gasteiger partial charge in [-0.25, -0.2) is 9.78 Å². The molecule has 4 heteroatoms. The Balaban J connectivity index is 2.43. The van der Waals surface area contributed by atoms with Gasteiger partial charge >= 0.3 is 5.97 Å². The van der Waals surface area contributed by atoms with Crippen molar-refractivity contribution in [3.05, 3.63) is 51.7 Å². The van der Waals surface area contributed by atoms with Crippen LogP contribution >= 0.6 is 22.6 Å². The number of hydrogen-bond donors (Lipinski definition) is 0. The van der Waals surface area contributed by atoms with Crippen molar-refractivity contribution >= 4 is 28.6 Å². The molecule has 1 aromatic carbocycles. The van der Waals surface area contributed by atoms with Crippen LogP contribution in [-0.2, 0) is 4.74 Å². The summed E-state index contributed by atoms with van der Waals surface area (Å²) >= 11 is 2.24. The molecule has 2 rings (SSSR count).